The van der Waals surface area contributed by atoms with E-state index in [2.05, 4.69) is 0 Å². The summed E-state index contributed by atoms with van der Waals surface area (Å²) in [5.74, 6) is -3.02. The van der Waals surface area contributed by atoms with Gasteiger partial charge in [-0.3, -0.25) is 14.4 Å². The van der Waals surface area contributed by atoms with Crippen molar-refractivity contribution >= 4 is 34.2 Å². The highest BCUT2D eigenvalue weighted by Crippen LogP contribution is 2.54. The van der Waals surface area contributed by atoms with E-state index in [1.807, 2.05) is 62.4 Å². The Labute approximate surface area is 221 Å². The van der Waals surface area contributed by atoms with Crippen molar-refractivity contribution in [1.29, 1.82) is 0 Å². The molecule has 0 aromatic heterocycles. The minimum Gasteiger partial charge on any atom is -0.461 e. The van der Waals surface area contributed by atoms with Crippen LogP contribution in [0.1, 0.15) is 20.3 Å². The SMILES string of the molecule is CC[C@H](C)[C@H](CO)N1C(=O)[C@@H]2[C@@H]3C(=O)OCC=C[C@@H]3O[C@@]23C=CCN(c2ccc4ccccc4c2)C(=O)C13. The van der Waals surface area contributed by atoms with Gasteiger partial charge in [0, 0.05) is 12.2 Å². The molecule has 4 heterocycles. The summed E-state index contributed by atoms with van der Waals surface area (Å²) >= 11 is 0. The van der Waals surface area contributed by atoms with Crippen LogP contribution in [0.2, 0.25) is 0 Å². The van der Waals surface area contributed by atoms with E-state index in [4.69, 9.17) is 9.47 Å². The number of ether oxygens (including phenoxy) is 2. The number of hydrogen-bond acceptors (Lipinski definition) is 6. The predicted molar refractivity (Wildman–Crippen MR) is 141 cm³/mol. The van der Waals surface area contributed by atoms with Crippen LogP contribution in [0.3, 0.4) is 0 Å². The molecule has 2 aromatic rings. The zero-order chi connectivity index (χ0) is 26.6. The average molecular weight is 517 g/mol. The number of aliphatic hydroxyl groups is 1. The van der Waals surface area contributed by atoms with Crippen LogP contribution >= 0.6 is 0 Å². The molecular weight excluding hydrogens is 484 g/mol. The number of likely N-dealkylation sites (tertiary alicyclic amines) is 1. The van der Waals surface area contributed by atoms with Gasteiger partial charge in [-0.2, -0.15) is 0 Å². The zero-order valence-corrected chi connectivity index (χ0v) is 21.5. The number of anilines is 1. The molecule has 4 aliphatic heterocycles. The Morgan fingerprint density at radius 3 is 2.63 bits per heavy atom. The fourth-order valence-corrected chi connectivity index (χ4v) is 6.66. The van der Waals surface area contributed by atoms with Gasteiger partial charge in [0.25, 0.3) is 5.91 Å². The normalized spacial score (nSPS) is 31.9. The molecule has 0 bridgehead atoms. The van der Waals surface area contributed by atoms with E-state index in [1.54, 1.807) is 23.1 Å². The van der Waals surface area contributed by atoms with Gasteiger partial charge in [0.05, 0.1) is 24.7 Å². The molecule has 2 saturated heterocycles. The third-order valence-corrected chi connectivity index (χ3v) is 8.74. The number of aliphatic hydroxyl groups excluding tert-OH is 1. The fraction of sp³-hybridized carbons (Fsp3) is 0.433. The number of hydrogen-bond donors (Lipinski definition) is 1. The highest BCUT2D eigenvalue weighted by molar-refractivity contribution is 6.06. The molecule has 2 aromatic carbocycles. The number of esters is 1. The lowest BCUT2D eigenvalue weighted by molar-refractivity contribution is -0.154. The number of rotatable bonds is 5. The number of fused-ring (bicyclic) bond motifs is 3. The van der Waals surface area contributed by atoms with Crippen LogP contribution < -0.4 is 4.90 Å². The van der Waals surface area contributed by atoms with E-state index >= 15 is 0 Å². The first-order chi connectivity index (χ1) is 18.4. The van der Waals surface area contributed by atoms with Gasteiger partial charge < -0.3 is 24.4 Å². The maximum atomic E-state index is 14.5. The van der Waals surface area contributed by atoms with Crippen molar-refractivity contribution in [3.05, 3.63) is 66.8 Å². The minimum absolute atomic E-state index is 0.0780. The van der Waals surface area contributed by atoms with Gasteiger partial charge in [-0.05, 0) is 34.9 Å². The Morgan fingerprint density at radius 2 is 1.87 bits per heavy atom. The van der Waals surface area contributed by atoms with Gasteiger partial charge in [-0.1, -0.05) is 68.8 Å². The van der Waals surface area contributed by atoms with Crippen molar-refractivity contribution in [3.63, 3.8) is 0 Å². The van der Waals surface area contributed by atoms with Crippen LogP contribution in [0.25, 0.3) is 10.8 Å². The maximum absolute atomic E-state index is 14.5. The smallest absolute Gasteiger partial charge is 0.313 e. The van der Waals surface area contributed by atoms with Crippen molar-refractivity contribution in [2.24, 2.45) is 17.8 Å². The van der Waals surface area contributed by atoms with Crippen LogP contribution in [-0.4, -0.2) is 71.3 Å². The van der Waals surface area contributed by atoms with Crippen molar-refractivity contribution < 1.29 is 29.0 Å². The first-order valence-corrected chi connectivity index (χ1v) is 13.3. The van der Waals surface area contributed by atoms with Gasteiger partial charge in [0.15, 0.2) is 0 Å². The zero-order valence-electron chi connectivity index (χ0n) is 21.5. The molecule has 8 nitrogen and oxygen atoms in total. The monoisotopic (exact) mass is 516 g/mol. The topological polar surface area (TPSA) is 96.4 Å². The first kappa shape index (κ1) is 24.8. The van der Waals surface area contributed by atoms with Crippen molar-refractivity contribution in [2.75, 3.05) is 24.7 Å². The lowest BCUT2D eigenvalue weighted by atomic mass is 9.78. The molecule has 38 heavy (non-hydrogen) atoms. The van der Waals surface area contributed by atoms with Gasteiger partial charge in [0.2, 0.25) is 5.91 Å². The third kappa shape index (κ3) is 3.54. The molecule has 4 aliphatic rings. The molecule has 6 rings (SSSR count). The Morgan fingerprint density at radius 1 is 1.08 bits per heavy atom. The fourth-order valence-electron chi connectivity index (χ4n) is 6.66. The number of carbonyl (C=O) groups excluding carboxylic acids is 3. The van der Waals surface area contributed by atoms with Gasteiger partial charge >= 0.3 is 5.97 Å². The lowest BCUT2D eigenvalue weighted by Gasteiger charge is -2.40. The number of nitrogens with zero attached hydrogens (tertiary/aromatic N) is 2. The number of amides is 2. The molecule has 0 radical (unpaired) electrons. The van der Waals surface area contributed by atoms with Crippen LogP contribution in [0, 0.1) is 17.8 Å². The largest absolute Gasteiger partial charge is 0.461 e. The van der Waals surface area contributed by atoms with E-state index < -0.39 is 41.6 Å². The summed E-state index contributed by atoms with van der Waals surface area (Å²) < 4.78 is 12.0. The summed E-state index contributed by atoms with van der Waals surface area (Å²) in [6.07, 6.45) is 7.17. The molecule has 7 atom stereocenters. The van der Waals surface area contributed by atoms with E-state index in [1.165, 1.54) is 4.90 Å². The molecule has 2 fully saturated rings. The highest BCUT2D eigenvalue weighted by atomic mass is 16.6. The van der Waals surface area contributed by atoms with Crippen molar-refractivity contribution in [3.8, 4) is 0 Å². The minimum atomic E-state index is -1.35. The van der Waals surface area contributed by atoms with E-state index in [0.29, 0.717) is 12.1 Å². The molecule has 198 valence electrons. The lowest BCUT2D eigenvalue weighted by Crippen LogP contribution is -2.59. The number of cyclic esters (lactones) is 1. The van der Waals surface area contributed by atoms with Crippen LogP contribution in [0.15, 0.2) is 66.8 Å². The van der Waals surface area contributed by atoms with Crippen LogP contribution in [-0.2, 0) is 23.9 Å². The summed E-state index contributed by atoms with van der Waals surface area (Å²) in [5, 5.41) is 12.5. The molecule has 0 saturated carbocycles. The van der Waals surface area contributed by atoms with Crippen LogP contribution in [0.5, 0.6) is 0 Å². The van der Waals surface area contributed by atoms with E-state index in [9.17, 15) is 19.5 Å². The van der Waals surface area contributed by atoms with E-state index in [-0.39, 0.29) is 37.5 Å². The van der Waals surface area contributed by atoms with Crippen LogP contribution in [0.4, 0.5) is 5.69 Å². The molecular formula is C30H32N2O6. The second kappa shape index (κ2) is 9.36. The Bertz CT molecular complexity index is 1350. The highest BCUT2D eigenvalue weighted by Gasteiger charge is 2.72. The number of carbonyl (C=O) groups is 3. The molecule has 1 spiro atoms. The van der Waals surface area contributed by atoms with Crippen molar-refractivity contribution in [2.45, 2.75) is 44.1 Å². The third-order valence-electron chi connectivity index (χ3n) is 8.74. The second-order valence-corrected chi connectivity index (χ2v) is 10.7. The summed E-state index contributed by atoms with van der Waals surface area (Å²) in [6, 6.07) is 12.1. The molecule has 8 heteroatoms. The Hall–Kier alpha value is -3.49. The van der Waals surface area contributed by atoms with Gasteiger partial charge in [-0.25, -0.2) is 0 Å². The quantitative estimate of drug-likeness (QED) is 0.485. The Kier molecular flexibility index (Phi) is 6.12. The molecule has 0 aliphatic carbocycles. The van der Waals surface area contributed by atoms with E-state index in [0.717, 1.165) is 10.8 Å². The predicted octanol–water partition coefficient (Wildman–Crippen LogP) is 2.84. The molecule has 1 N–H and O–H groups in total. The number of benzene rings is 2. The standard InChI is InChI=1S/C30H32N2O6/c1-3-18(2)22(17-33)32-26-28(35)31(21-12-11-19-8-4-5-9-20(19)16-21)14-7-13-30(26)25(27(32)34)24-23(38-30)10-6-15-37-29(24)36/h4-13,16,18,22-26,33H,3,14-15,17H2,1-2H3/t18-,22-,23-,24+,25-,26?,30-/m0/s1. The summed E-state index contributed by atoms with van der Waals surface area (Å²) in [4.78, 5) is 45.1. The first-order valence-electron chi connectivity index (χ1n) is 13.3. The maximum Gasteiger partial charge on any atom is 0.313 e. The second-order valence-electron chi connectivity index (χ2n) is 10.7. The van der Waals surface area contributed by atoms with Crippen molar-refractivity contribution in [1.82, 2.24) is 4.90 Å². The average Bonchev–Trinajstić information content (AvgIpc) is 3.23. The summed E-state index contributed by atoms with van der Waals surface area (Å²) in [5.41, 5.74) is -0.640. The van der Waals surface area contributed by atoms with Gasteiger partial charge in [-0.15, -0.1) is 0 Å². The Balaban J connectivity index is 1.49. The molecule has 2 amide bonds. The van der Waals surface area contributed by atoms with Gasteiger partial charge in [0.1, 0.15) is 24.2 Å². The molecule has 1 unspecified atom stereocenters. The summed E-state index contributed by atoms with van der Waals surface area (Å²) in [6.45, 7) is 4.05. The summed E-state index contributed by atoms with van der Waals surface area (Å²) in [7, 11) is 0.